The Balaban J connectivity index is 0.000000259. The Labute approximate surface area is 199 Å². The largest absolute Gasteiger partial charge is 0.481 e. The molecule has 0 saturated heterocycles. The summed E-state index contributed by atoms with van der Waals surface area (Å²) in [4.78, 5) is 20.5. The molecule has 4 saturated carbocycles. The molecule has 0 aromatic heterocycles. The molecule has 0 heterocycles. The molecule has 0 bridgehead atoms. The monoisotopic (exact) mass is 475 g/mol. The number of carboxylic acids is 1. The summed E-state index contributed by atoms with van der Waals surface area (Å²) >= 11 is 5.85. The highest BCUT2D eigenvalue weighted by Gasteiger charge is 2.48. The van der Waals surface area contributed by atoms with Crippen molar-refractivity contribution in [1.29, 1.82) is 0 Å². The molecule has 0 amide bonds. The minimum Gasteiger partial charge on any atom is -0.481 e. The molecule has 6 nitrogen and oxygen atoms in total. The van der Waals surface area contributed by atoms with Crippen molar-refractivity contribution in [3.05, 3.63) is 0 Å². The predicted molar refractivity (Wildman–Crippen MR) is 128 cm³/mol. The average Bonchev–Trinajstić information content (AvgIpc) is 2.48. The number of rotatable bonds is 4. The van der Waals surface area contributed by atoms with Crippen LogP contribution in [0.5, 0.6) is 0 Å². The van der Waals surface area contributed by atoms with E-state index in [0.29, 0.717) is 30.5 Å². The van der Waals surface area contributed by atoms with E-state index < -0.39 is 16.3 Å². The molecule has 0 atom stereocenters. The molecule has 4 aliphatic carbocycles. The summed E-state index contributed by atoms with van der Waals surface area (Å²) in [5.74, 6) is 0.213. The molecule has 4 rings (SSSR count). The van der Waals surface area contributed by atoms with E-state index in [0.717, 1.165) is 5.41 Å². The number of ether oxygens (including phenoxy) is 1. The third kappa shape index (κ3) is 7.88. The lowest BCUT2D eigenvalue weighted by molar-refractivity contribution is -0.152. The predicted octanol–water partition coefficient (Wildman–Crippen LogP) is 5.97. The zero-order chi connectivity index (χ0) is 23.5. The first-order valence-corrected chi connectivity index (χ1v) is 12.3. The maximum Gasteiger partial charge on any atom is 0.326 e. The lowest BCUT2D eigenvalue weighted by Gasteiger charge is -2.54. The summed E-state index contributed by atoms with van der Waals surface area (Å²) in [7, 11) is 0. The van der Waals surface area contributed by atoms with E-state index in [1.165, 1.54) is 64.2 Å². The van der Waals surface area contributed by atoms with Gasteiger partial charge in [0.25, 0.3) is 0 Å². The van der Waals surface area contributed by atoms with Crippen molar-refractivity contribution >= 4 is 23.5 Å². The van der Waals surface area contributed by atoms with Crippen molar-refractivity contribution in [2.45, 2.75) is 104 Å². The molecule has 4 aliphatic rings. The van der Waals surface area contributed by atoms with Crippen LogP contribution in [0.3, 0.4) is 0 Å². The summed E-state index contributed by atoms with van der Waals surface area (Å²) in [6, 6.07) is 0. The van der Waals surface area contributed by atoms with Crippen molar-refractivity contribution in [3.63, 3.8) is 0 Å². The van der Waals surface area contributed by atoms with E-state index in [-0.39, 0.29) is 12.1 Å². The van der Waals surface area contributed by atoms with Crippen LogP contribution in [0.2, 0.25) is 0 Å². The maximum absolute atomic E-state index is 11.4. The Kier molecular flexibility index (Phi) is 10.1. The number of hydrogen-bond acceptors (Lipinski definition) is 5. The molecule has 0 radical (unpaired) electrons. The SMILES string of the molecule is CC(C)(C)C(=O)O.CC(C)(Cl)C(=O)OCC1CC2(CCC2)C1.N.OCC1CC2(CCC2)C1. The van der Waals surface area contributed by atoms with E-state index >= 15 is 0 Å². The summed E-state index contributed by atoms with van der Waals surface area (Å²) in [6.45, 7) is 9.33. The second-order valence-corrected chi connectivity index (χ2v) is 13.0. The van der Waals surface area contributed by atoms with Gasteiger partial charge < -0.3 is 21.1 Å². The van der Waals surface area contributed by atoms with Gasteiger partial charge in [-0.05, 0) is 109 Å². The normalized spacial score (nSPS) is 24.5. The molecule has 7 heteroatoms. The van der Waals surface area contributed by atoms with Crippen LogP contribution in [-0.2, 0) is 14.3 Å². The van der Waals surface area contributed by atoms with Gasteiger partial charge in [-0.3, -0.25) is 9.59 Å². The van der Waals surface area contributed by atoms with E-state index in [1.807, 2.05) is 0 Å². The lowest BCUT2D eigenvalue weighted by atomic mass is 9.52. The van der Waals surface area contributed by atoms with Gasteiger partial charge in [0.15, 0.2) is 0 Å². The number of carboxylic acid groups (broad SMARTS) is 1. The number of aliphatic hydroxyl groups is 1. The van der Waals surface area contributed by atoms with Gasteiger partial charge in [0.05, 0.1) is 12.0 Å². The number of halogens is 1. The third-order valence-corrected chi connectivity index (χ3v) is 7.70. The van der Waals surface area contributed by atoms with Crippen molar-refractivity contribution in [2.24, 2.45) is 28.1 Å². The number of hydrogen-bond donors (Lipinski definition) is 3. The van der Waals surface area contributed by atoms with Crippen LogP contribution in [0.15, 0.2) is 0 Å². The van der Waals surface area contributed by atoms with E-state index in [2.05, 4.69) is 0 Å². The number of aliphatic hydroxyl groups excluding tert-OH is 1. The number of carbonyl (C=O) groups is 2. The highest BCUT2D eigenvalue weighted by Crippen LogP contribution is 2.59. The van der Waals surface area contributed by atoms with Gasteiger partial charge in [-0.1, -0.05) is 12.8 Å². The minimum atomic E-state index is -0.877. The second-order valence-electron chi connectivity index (χ2n) is 12.1. The second kappa shape index (κ2) is 11.1. The van der Waals surface area contributed by atoms with Crippen LogP contribution < -0.4 is 6.15 Å². The number of carbonyl (C=O) groups excluding carboxylic acids is 1. The van der Waals surface area contributed by atoms with Gasteiger partial charge in [-0.2, -0.15) is 0 Å². The number of aliphatic carboxylic acids is 1. The van der Waals surface area contributed by atoms with Crippen molar-refractivity contribution in [3.8, 4) is 0 Å². The lowest BCUT2D eigenvalue weighted by Crippen LogP contribution is -2.45. The van der Waals surface area contributed by atoms with E-state index in [1.54, 1.807) is 34.6 Å². The quantitative estimate of drug-likeness (QED) is 0.340. The van der Waals surface area contributed by atoms with Gasteiger partial charge in [0.1, 0.15) is 4.87 Å². The van der Waals surface area contributed by atoms with Gasteiger partial charge in [-0.25, -0.2) is 0 Å². The Morgan fingerprint density at radius 1 is 0.906 bits per heavy atom. The molecule has 0 aromatic rings. The molecule has 2 spiro atoms. The fourth-order valence-electron chi connectivity index (χ4n) is 5.11. The topological polar surface area (TPSA) is 119 Å². The van der Waals surface area contributed by atoms with Gasteiger partial charge >= 0.3 is 11.9 Å². The van der Waals surface area contributed by atoms with Crippen LogP contribution in [-0.4, -0.2) is 40.2 Å². The smallest absolute Gasteiger partial charge is 0.326 e. The molecule has 5 N–H and O–H groups in total. The molecular weight excluding hydrogens is 430 g/mol. The first kappa shape index (κ1) is 29.2. The third-order valence-electron chi connectivity index (χ3n) is 7.55. The van der Waals surface area contributed by atoms with Crippen LogP contribution in [0.1, 0.15) is 98.8 Å². The van der Waals surface area contributed by atoms with E-state index in [9.17, 15) is 9.59 Å². The summed E-state index contributed by atoms with van der Waals surface area (Å²) in [5, 5.41) is 17.0. The molecular formula is C25H46ClNO5. The minimum absolute atomic E-state index is 0. The highest BCUT2D eigenvalue weighted by molar-refractivity contribution is 6.33. The first-order valence-electron chi connectivity index (χ1n) is 11.9. The van der Waals surface area contributed by atoms with E-state index in [4.69, 9.17) is 26.6 Å². The Morgan fingerprint density at radius 2 is 1.28 bits per heavy atom. The van der Waals surface area contributed by atoms with Crippen LogP contribution >= 0.6 is 11.6 Å². The van der Waals surface area contributed by atoms with Crippen LogP contribution in [0.25, 0.3) is 0 Å². The maximum atomic E-state index is 11.4. The first-order chi connectivity index (χ1) is 14.2. The van der Waals surface area contributed by atoms with Crippen LogP contribution in [0.4, 0.5) is 0 Å². The van der Waals surface area contributed by atoms with Crippen molar-refractivity contribution in [1.82, 2.24) is 6.15 Å². The number of alkyl halides is 1. The molecule has 0 aliphatic heterocycles. The molecule has 4 fully saturated rings. The highest BCUT2D eigenvalue weighted by atomic mass is 35.5. The van der Waals surface area contributed by atoms with Crippen LogP contribution in [0, 0.1) is 28.1 Å². The zero-order valence-corrected chi connectivity index (χ0v) is 21.6. The summed E-state index contributed by atoms with van der Waals surface area (Å²) in [5.41, 5.74) is 0.834. The summed E-state index contributed by atoms with van der Waals surface area (Å²) < 4.78 is 5.20. The standard InChI is InChI=1S/C12H19ClO2.C8H14O.C5H10O2.H3N/c1-11(2,13)10(14)15-8-9-6-12(7-9)4-3-5-12;9-6-7-4-8(5-7)2-1-3-8;1-5(2,3)4(6)7;/h9H,3-8H2,1-2H3;7,9H,1-6H2;1-3H3,(H,6,7);1H3. The van der Waals surface area contributed by atoms with Gasteiger partial charge in [-0.15, -0.1) is 11.6 Å². The Morgan fingerprint density at radius 3 is 1.53 bits per heavy atom. The summed E-state index contributed by atoms with van der Waals surface area (Å²) in [6.07, 6.45) is 13.7. The molecule has 0 aromatic carbocycles. The Bertz CT molecular complexity index is 613. The molecule has 32 heavy (non-hydrogen) atoms. The molecule has 188 valence electrons. The van der Waals surface area contributed by atoms with Gasteiger partial charge in [0, 0.05) is 6.61 Å². The zero-order valence-electron chi connectivity index (χ0n) is 20.8. The van der Waals surface area contributed by atoms with Crippen molar-refractivity contribution in [2.75, 3.05) is 13.2 Å². The fourth-order valence-corrected chi connectivity index (χ4v) is 5.17. The molecule has 0 unspecified atom stereocenters. The van der Waals surface area contributed by atoms with Gasteiger partial charge in [0.2, 0.25) is 0 Å². The average molecular weight is 476 g/mol. The number of esters is 1. The van der Waals surface area contributed by atoms with Crippen molar-refractivity contribution < 1.29 is 24.5 Å². The Hall–Kier alpha value is -0.850. The fraction of sp³-hybridized carbons (Fsp3) is 0.920.